The molecular formula is H7GaGdO8S2. The normalized spacial score (nSPS) is 9.67. The van der Waals surface area contributed by atoms with Crippen LogP contribution in [0.1, 0.15) is 0 Å². The summed E-state index contributed by atoms with van der Waals surface area (Å²) < 4.78 is 63.2. The van der Waals surface area contributed by atoms with Gasteiger partial charge in [0.2, 0.25) is 0 Å². The molecule has 0 saturated heterocycles. The van der Waals surface area contributed by atoms with Crippen molar-refractivity contribution in [3.8, 4) is 0 Å². The molecule has 12 heavy (non-hydrogen) atoms. The number of rotatable bonds is 0. The van der Waals surface area contributed by atoms with Gasteiger partial charge in [0.25, 0.3) is 0 Å². The Morgan fingerprint density at radius 1 is 0.667 bits per heavy atom. The molecule has 0 spiro atoms. The molecule has 0 rings (SSSR count). The molecule has 0 bridgehead atoms. The third kappa shape index (κ3) is 463. The predicted octanol–water partition coefficient (Wildman–Crippen LogP) is -2.49. The zero-order chi connectivity index (χ0) is 9.00. The van der Waals surface area contributed by atoms with Gasteiger partial charge in [0.05, 0.1) is 0 Å². The van der Waals surface area contributed by atoms with Gasteiger partial charge >= 0.3 is 40.6 Å². The molecule has 0 aromatic carbocycles. The minimum absolute atomic E-state index is 0. The summed E-state index contributed by atoms with van der Waals surface area (Å²) in [6.07, 6.45) is 0. The zero-order valence-electron chi connectivity index (χ0n) is 4.59. The molecular weight excluding hydrogens is 419 g/mol. The molecule has 12 heteroatoms. The summed E-state index contributed by atoms with van der Waals surface area (Å²) in [5.74, 6) is 0. The van der Waals surface area contributed by atoms with Crippen LogP contribution in [0, 0.1) is 39.9 Å². The van der Waals surface area contributed by atoms with E-state index in [1.54, 1.807) is 0 Å². The van der Waals surface area contributed by atoms with Crippen molar-refractivity contribution in [2.75, 3.05) is 0 Å². The zero-order valence-corrected chi connectivity index (χ0v) is 8.49. The average Bonchev–Trinajstić information content (AvgIpc) is 1.12. The monoisotopic (exact) mass is 426 g/mol. The summed E-state index contributed by atoms with van der Waals surface area (Å²) in [5, 5.41) is 0. The molecule has 0 aliphatic heterocycles. The topological polar surface area (TPSA) is 149 Å². The van der Waals surface area contributed by atoms with Gasteiger partial charge in [0.15, 0.2) is 0 Å². The van der Waals surface area contributed by atoms with E-state index in [2.05, 4.69) is 0 Å². The fraction of sp³-hybridized carbons (Fsp3) is 0. The maximum Gasteiger partial charge on any atom is 0 e. The molecule has 4 N–H and O–H groups in total. The number of hydrogen-bond acceptors (Lipinski definition) is 4. The first-order valence-electron chi connectivity index (χ1n) is 1.40. The Morgan fingerprint density at radius 3 is 0.667 bits per heavy atom. The Hall–Kier alpha value is 1.70. The van der Waals surface area contributed by atoms with E-state index in [0.29, 0.717) is 0 Å². The van der Waals surface area contributed by atoms with Crippen molar-refractivity contribution in [2.24, 2.45) is 0 Å². The van der Waals surface area contributed by atoms with Crippen LogP contribution in [0.3, 0.4) is 0 Å². The van der Waals surface area contributed by atoms with Crippen LogP contribution in [0.2, 0.25) is 0 Å². The SMILES string of the molecule is O=S(=O)(O)O.O=S(=O)(O)O.[GaH3].[Gd]. The second kappa shape index (κ2) is 9.26. The van der Waals surface area contributed by atoms with Crippen molar-refractivity contribution in [1.82, 2.24) is 0 Å². The Labute approximate surface area is 114 Å². The van der Waals surface area contributed by atoms with Crippen molar-refractivity contribution in [1.29, 1.82) is 0 Å². The molecule has 0 atom stereocenters. The van der Waals surface area contributed by atoms with Crippen molar-refractivity contribution in [2.45, 2.75) is 0 Å². The van der Waals surface area contributed by atoms with Crippen LogP contribution in [0.4, 0.5) is 0 Å². The van der Waals surface area contributed by atoms with Crippen LogP contribution in [0.15, 0.2) is 0 Å². The van der Waals surface area contributed by atoms with Gasteiger partial charge in [-0.25, -0.2) is 0 Å². The molecule has 0 aromatic rings. The standard InChI is InChI=1S/Ga.Gd.2H2O4S.3H/c;;2*1-5(2,3)4;;;/h;;2*(H2,1,2,3,4);;;. The van der Waals surface area contributed by atoms with Crippen LogP contribution in [0.5, 0.6) is 0 Å². The van der Waals surface area contributed by atoms with E-state index in [-0.39, 0.29) is 59.7 Å². The van der Waals surface area contributed by atoms with Gasteiger partial charge in [0.1, 0.15) is 0 Å². The van der Waals surface area contributed by atoms with E-state index in [4.69, 9.17) is 35.0 Å². The molecule has 8 nitrogen and oxygen atoms in total. The molecule has 0 saturated carbocycles. The first-order valence-corrected chi connectivity index (χ1v) is 4.19. The van der Waals surface area contributed by atoms with Crippen LogP contribution < -0.4 is 0 Å². The fourth-order valence-electron chi connectivity index (χ4n) is 0. The van der Waals surface area contributed by atoms with Crippen molar-refractivity contribution in [3.05, 3.63) is 0 Å². The van der Waals surface area contributed by atoms with Crippen molar-refractivity contribution < 1.29 is 75.0 Å². The van der Waals surface area contributed by atoms with Crippen LogP contribution in [0.25, 0.3) is 0 Å². The van der Waals surface area contributed by atoms with E-state index in [9.17, 15) is 0 Å². The summed E-state index contributed by atoms with van der Waals surface area (Å²) in [6.45, 7) is 0. The van der Waals surface area contributed by atoms with E-state index in [0.717, 1.165) is 0 Å². The summed E-state index contributed by atoms with van der Waals surface area (Å²) in [6, 6.07) is 0. The third-order valence-corrected chi connectivity index (χ3v) is 0. The second-order valence-corrected chi connectivity index (χ2v) is 2.69. The Bertz CT molecular complexity index is 213. The molecule has 0 amide bonds. The van der Waals surface area contributed by atoms with Gasteiger partial charge in [0, 0.05) is 39.9 Å². The molecule has 0 fully saturated rings. The average molecular weight is 426 g/mol. The maximum atomic E-state index is 8.74. The maximum absolute atomic E-state index is 8.74. The molecule has 0 aromatic heterocycles. The first kappa shape index (κ1) is 23.5. The first-order chi connectivity index (χ1) is 4.00. The quantitative estimate of drug-likeness (QED) is 0.246. The molecule has 0 aliphatic carbocycles. The molecule has 0 unspecified atom stereocenters. The second-order valence-electron chi connectivity index (χ2n) is 0.896. The van der Waals surface area contributed by atoms with E-state index >= 15 is 0 Å². The van der Waals surface area contributed by atoms with E-state index in [1.807, 2.05) is 0 Å². The number of hydrogen-bond donors (Lipinski definition) is 4. The predicted molar refractivity (Wildman–Crippen MR) is 38.3 cm³/mol. The molecule has 0 radical (unpaired) electrons. The molecule has 0 aliphatic rings. The van der Waals surface area contributed by atoms with E-state index in [1.165, 1.54) is 0 Å². The minimum atomic E-state index is -4.67. The van der Waals surface area contributed by atoms with Gasteiger partial charge in [-0.3, -0.25) is 18.2 Å². The van der Waals surface area contributed by atoms with Gasteiger partial charge in [-0.2, -0.15) is 16.8 Å². The van der Waals surface area contributed by atoms with Crippen LogP contribution in [-0.4, -0.2) is 54.8 Å². The summed E-state index contributed by atoms with van der Waals surface area (Å²) >= 11 is 0. The van der Waals surface area contributed by atoms with Crippen molar-refractivity contribution in [3.63, 3.8) is 0 Å². The largest absolute Gasteiger partial charge is 0 e. The van der Waals surface area contributed by atoms with Gasteiger partial charge in [-0.1, -0.05) is 0 Å². The fourth-order valence-corrected chi connectivity index (χ4v) is 0. The molecule has 0 heterocycles. The Morgan fingerprint density at radius 2 is 0.667 bits per heavy atom. The summed E-state index contributed by atoms with van der Waals surface area (Å²) in [7, 11) is -9.33. The summed E-state index contributed by atoms with van der Waals surface area (Å²) in [5.41, 5.74) is 0. The van der Waals surface area contributed by atoms with Crippen molar-refractivity contribution >= 4 is 40.6 Å². The smallest absolute Gasteiger partial charge is 0 e. The molecule has 78 valence electrons. The van der Waals surface area contributed by atoms with Crippen LogP contribution in [-0.2, 0) is 20.8 Å². The van der Waals surface area contributed by atoms with Gasteiger partial charge < -0.3 is 0 Å². The van der Waals surface area contributed by atoms with E-state index < -0.39 is 20.8 Å². The minimum Gasteiger partial charge on any atom is 0 e. The van der Waals surface area contributed by atoms with Gasteiger partial charge in [-0.05, 0) is 0 Å². The van der Waals surface area contributed by atoms with Crippen LogP contribution >= 0.6 is 0 Å². The third-order valence-electron chi connectivity index (χ3n) is 0. The summed E-state index contributed by atoms with van der Waals surface area (Å²) in [4.78, 5) is 0. The Balaban J connectivity index is -0.0000000457. The Kier molecular flexibility index (Phi) is 18.1. The van der Waals surface area contributed by atoms with Gasteiger partial charge in [-0.15, -0.1) is 0 Å².